The van der Waals surface area contributed by atoms with E-state index in [-0.39, 0.29) is 6.61 Å². The van der Waals surface area contributed by atoms with Crippen LogP contribution >= 0.6 is 23.2 Å². The number of rotatable bonds is 4. The van der Waals surface area contributed by atoms with Gasteiger partial charge in [0, 0.05) is 6.54 Å². The Morgan fingerprint density at radius 2 is 2.00 bits per heavy atom. The van der Waals surface area contributed by atoms with Gasteiger partial charge in [0.15, 0.2) is 0 Å². The molecular weight excluding hydrogens is 253 g/mol. The quantitative estimate of drug-likeness (QED) is 0.573. The van der Waals surface area contributed by atoms with Crippen LogP contribution in [0.3, 0.4) is 0 Å². The third-order valence-corrected chi connectivity index (χ3v) is 2.48. The van der Waals surface area contributed by atoms with Crippen LogP contribution < -0.4 is 16.8 Å². The van der Waals surface area contributed by atoms with Crippen LogP contribution in [0.15, 0.2) is 12.1 Å². The van der Waals surface area contributed by atoms with Gasteiger partial charge in [-0.2, -0.15) is 0 Å². The number of halogens is 2. The lowest BCUT2D eigenvalue weighted by atomic mass is 10.2. The average Bonchev–Trinajstić information content (AvgIpc) is 2.19. The van der Waals surface area contributed by atoms with Crippen LogP contribution in [0.1, 0.15) is 0 Å². The highest BCUT2D eigenvalue weighted by Crippen LogP contribution is 2.30. The molecule has 1 aromatic rings. The van der Waals surface area contributed by atoms with Crippen molar-refractivity contribution < 1.29 is 9.53 Å². The minimum absolute atomic E-state index is 0.148. The Morgan fingerprint density at radius 3 is 2.62 bits per heavy atom. The van der Waals surface area contributed by atoms with Gasteiger partial charge in [0.1, 0.15) is 6.61 Å². The van der Waals surface area contributed by atoms with E-state index in [1.54, 1.807) is 12.1 Å². The number of ether oxygens (including phenoxy) is 1. The average molecular weight is 264 g/mol. The number of hydrogen-bond donors (Lipinski definition) is 3. The topological polar surface area (TPSA) is 90.4 Å². The fraction of sp³-hybridized carbons (Fsp3) is 0.222. The molecule has 0 aromatic heterocycles. The van der Waals surface area contributed by atoms with Crippen LogP contribution in [0.25, 0.3) is 0 Å². The molecule has 0 bridgehead atoms. The van der Waals surface area contributed by atoms with Gasteiger partial charge in [-0.05, 0) is 12.1 Å². The number of carbonyl (C=O) groups is 1. The summed E-state index contributed by atoms with van der Waals surface area (Å²) in [5.41, 5.74) is 11.6. The molecule has 0 unspecified atom stereocenters. The largest absolute Gasteiger partial charge is 0.448 e. The van der Waals surface area contributed by atoms with E-state index in [0.29, 0.717) is 28.0 Å². The molecule has 0 atom stereocenters. The first kappa shape index (κ1) is 12.7. The molecule has 0 aliphatic carbocycles. The lowest BCUT2D eigenvalue weighted by Crippen LogP contribution is -2.18. The summed E-state index contributed by atoms with van der Waals surface area (Å²) in [5.74, 6) is 0. The Bertz CT molecular complexity index is 399. The van der Waals surface area contributed by atoms with E-state index >= 15 is 0 Å². The maximum atomic E-state index is 10.3. The summed E-state index contributed by atoms with van der Waals surface area (Å²) in [6.45, 7) is 0.528. The van der Waals surface area contributed by atoms with Crippen LogP contribution in [0.2, 0.25) is 10.0 Å². The number of benzene rings is 1. The number of carbonyl (C=O) groups excluding carboxylic acids is 1. The number of nitrogens with one attached hydrogen (secondary N) is 1. The molecule has 0 fully saturated rings. The highest BCUT2D eigenvalue weighted by molar-refractivity contribution is 6.42. The van der Waals surface area contributed by atoms with Crippen LogP contribution in [0.4, 0.5) is 16.2 Å². The minimum Gasteiger partial charge on any atom is -0.448 e. The van der Waals surface area contributed by atoms with Gasteiger partial charge < -0.3 is 21.5 Å². The normalized spacial score (nSPS) is 9.88. The second kappa shape index (κ2) is 5.67. The lowest BCUT2D eigenvalue weighted by molar-refractivity contribution is 0.161. The molecule has 7 heteroatoms. The number of nitrogen functional groups attached to an aromatic ring is 1. The van der Waals surface area contributed by atoms with E-state index in [1.807, 2.05) is 0 Å². The maximum Gasteiger partial charge on any atom is 0.404 e. The molecule has 5 nitrogen and oxygen atoms in total. The Labute approximate surface area is 103 Å². The van der Waals surface area contributed by atoms with Crippen molar-refractivity contribution in [2.45, 2.75) is 0 Å². The first-order chi connectivity index (χ1) is 7.50. The van der Waals surface area contributed by atoms with E-state index in [2.05, 4.69) is 10.1 Å². The third-order valence-electron chi connectivity index (χ3n) is 1.75. The highest BCUT2D eigenvalue weighted by atomic mass is 35.5. The van der Waals surface area contributed by atoms with Gasteiger partial charge in [0.05, 0.1) is 21.4 Å². The number of primary amides is 1. The molecule has 1 aromatic carbocycles. The molecule has 16 heavy (non-hydrogen) atoms. The number of hydrogen-bond acceptors (Lipinski definition) is 4. The van der Waals surface area contributed by atoms with Gasteiger partial charge in [-0.15, -0.1) is 0 Å². The van der Waals surface area contributed by atoms with Crippen molar-refractivity contribution in [1.82, 2.24) is 0 Å². The molecule has 0 saturated heterocycles. The second-order valence-electron chi connectivity index (χ2n) is 2.95. The smallest absolute Gasteiger partial charge is 0.404 e. The van der Waals surface area contributed by atoms with Crippen LogP contribution in [-0.4, -0.2) is 19.2 Å². The van der Waals surface area contributed by atoms with Crippen molar-refractivity contribution in [2.24, 2.45) is 5.73 Å². The molecular formula is C9H11Cl2N3O2. The Hall–Kier alpha value is -1.33. The molecule has 5 N–H and O–H groups in total. The second-order valence-corrected chi connectivity index (χ2v) is 3.76. The molecule has 0 heterocycles. The summed E-state index contributed by atoms with van der Waals surface area (Å²) >= 11 is 11.6. The lowest BCUT2D eigenvalue weighted by Gasteiger charge is -2.10. The van der Waals surface area contributed by atoms with Crippen LogP contribution in [0.5, 0.6) is 0 Å². The van der Waals surface area contributed by atoms with Gasteiger partial charge in [-0.25, -0.2) is 4.79 Å². The van der Waals surface area contributed by atoms with Gasteiger partial charge in [0.25, 0.3) is 0 Å². The molecule has 0 saturated carbocycles. The number of nitrogens with two attached hydrogens (primary N) is 2. The fourth-order valence-electron chi connectivity index (χ4n) is 1.05. The van der Waals surface area contributed by atoms with Crippen molar-refractivity contribution in [3.8, 4) is 0 Å². The summed E-state index contributed by atoms with van der Waals surface area (Å²) in [4.78, 5) is 10.3. The fourth-order valence-corrected chi connectivity index (χ4v) is 1.39. The predicted octanol–water partition coefficient (Wildman–Crippen LogP) is 2.08. The predicted molar refractivity (Wildman–Crippen MR) is 64.9 cm³/mol. The SMILES string of the molecule is NC(=O)OCCNc1cc(Cl)c(Cl)cc1N. The molecule has 0 aliphatic heterocycles. The molecule has 1 rings (SSSR count). The Balaban J connectivity index is 2.54. The monoisotopic (exact) mass is 263 g/mol. The zero-order chi connectivity index (χ0) is 12.1. The molecule has 0 aliphatic rings. The third kappa shape index (κ3) is 3.67. The first-order valence-electron chi connectivity index (χ1n) is 4.41. The summed E-state index contributed by atoms with van der Waals surface area (Å²) in [6, 6.07) is 3.14. The highest BCUT2D eigenvalue weighted by Gasteiger charge is 2.04. The molecule has 0 radical (unpaired) electrons. The van der Waals surface area contributed by atoms with E-state index < -0.39 is 6.09 Å². The van der Waals surface area contributed by atoms with Gasteiger partial charge in [-0.3, -0.25) is 0 Å². The van der Waals surface area contributed by atoms with E-state index in [4.69, 9.17) is 34.7 Å². The summed E-state index contributed by atoms with van der Waals surface area (Å²) in [7, 11) is 0. The van der Waals surface area contributed by atoms with Gasteiger partial charge in [-0.1, -0.05) is 23.2 Å². The molecule has 0 spiro atoms. The molecule has 88 valence electrons. The number of amides is 1. The zero-order valence-electron chi connectivity index (χ0n) is 8.30. The van der Waals surface area contributed by atoms with Crippen LogP contribution in [-0.2, 0) is 4.74 Å². The Kier molecular flexibility index (Phi) is 4.52. The van der Waals surface area contributed by atoms with E-state index in [0.717, 1.165) is 0 Å². The summed E-state index contributed by atoms with van der Waals surface area (Å²) in [6.07, 6.45) is -0.816. The summed E-state index contributed by atoms with van der Waals surface area (Å²) in [5, 5.41) is 3.72. The minimum atomic E-state index is -0.816. The van der Waals surface area contributed by atoms with Crippen molar-refractivity contribution in [2.75, 3.05) is 24.2 Å². The van der Waals surface area contributed by atoms with E-state index in [9.17, 15) is 4.79 Å². The maximum absolute atomic E-state index is 10.3. The van der Waals surface area contributed by atoms with Crippen molar-refractivity contribution in [1.29, 1.82) is 0 Å². The number of anilines is 2. The van der Waals surface area contributed by atoms with Crippen molar-refractivity contribution >= 4 is 40.7 Å². The summed E-state index contributed by atoms with van der Waals surface area (Å²) < 4.78 is 4.53. The zero-order valence-corrected chi connectivity index (χ0v) is 9.81. The molecule has 1 amide bonds. The van der Waals surface area contributed by atoms with Crippen molar-refractivity contribution in [3.63, 3.8) is 0 Å². The van der Waals surface area contributed by atoms with Gasteiger partial charge in [0.2, 0.25) is 0 Å². The van der Waals surface area contributed by atoms with E-state index in [1.165, 1.54) is 0 Å². The standard InChI is InChI=1S/C9H11Cl2N3O2/c10-5-3-7(12)8(4-6(5)11)14-1-2-16-9(13)15/h3-4,14H,1-2,12H2,(H2,13,15). The first-order valence-corrected chi connectivity index (χ1v) is 5.17. The Morgan fingerprint density at radius 1 is 1.38 bits per heavy atom. The van der Waals surface area contributed by atoms with Crippen molar-refractivity contribution in [3.05, 3.63) is 22.2 Å². The van der Waals surface area contributed by atoms with Gasteiger partial charge >= 0.3 is 6.09 Å². The van der Waals surface area contributed by atoms with Crippen LogP contribution in [0, 0.1) is 0 Å².